The number of thioether (sulfide) groups is 1. The van der Waals surface area contributed by atoms with E-state index in [1.165, 1.54) is 41.5 Å². The van der Waals surface area contributed by atoms with E-state index in [1.54, 1.807) is 0 Å². The van der Waals surface area contributed by atoms with Crippen molar-refractivity contribution >= 4 is 44.4 Å². The topological polar surface area (TPSA) is 72.7 Å². The second kappa shape index (κ2) is 6.76. The van der Waals surface area contributed by atoms with Crippen molar-refractivity contribution < 1.29 is 4.79 Å². The molecule has 2 aromatic heterocycles. The van der Waals surface area contributed by atoms with E-state index >= 15 is 0 Å². The Kier molecular flexibility index (Phi) is 4.47. The van der Waals surface area contributed by atoms with Gasteiger partial charge in [0, 0.05) is 12.5 Å². The smallest absolute Gasteiger partial charge is 0.236 e. The van der Waals surface area contributed by atoms with Gasteiger partial charge in [-0.1, -0.05) is 29.2 Å². The fourth-order valence-corrected chi connectivity index (χ4v) is 4.51. The fraction of sp³-hybridized carbons (Fsp3) is 0.412. The molecule has 1 aliphatic rings. The van der Waals surface area contributed by atoms with Crippen LogP contribution in [0.1, 0.15) is 37.1 Å². The molecule has 0 spiro atoms. The van der Waals surface area contributed by atoms with Gasteiger partial charge in [-0.15, -0.1) is 10.2 Å². The van der Waals surface area contributed by atoms with Gasteiger partial charge in [-0.3, -0.25) is 4.79 Å². The molecule has 3 aromatic rings. The number of amides is 1. The summed E-state index contributed by atoms with van der Waals surface area (Å²) in [6.45, 7) is 4.97. The third kappa shape index (κ3) is 3.55. The van der Waals surface area contributed by atoms with Crippen LogP contribution in [0.3, 0.4) is 0 Å². The zero-order chi connectivity index (χ0) is 17.4. The van der Waals surface area contributed by atoms with Crippen molar-refractivity contribution in [2.75, 3.05) is 11.1 Å². The first-order chi connectivity index (χ1) is 12.1. The molecule has 0 saturated heterocycles. The lowest BCUT2D eigenvalue weighted by Crippen LogP contribution is -2.14. The summed E-state index contributed by atoms with van der Waals surface area (Å²) in [5, 5.41) is 12.9. The highest BCUT2D eigenvalue weighted by molar-refractivity contribution is 7.99. The quantitative estimate of drug-likeness (QED) is 0.665. The maximum Gasteiger partial charge on any atom is 0.236 e. The molecule has 1 aliphatic carbocycles. The number of nitrogens with one attached hydrogen (secondary N) is 1. The summed E-state index contributed by atoms with van der Waals surface area (Å²) in [5.74, 6) is 1.85. The van der Waals surface area contributed by atoms with E-state index in [1.807, 2.05) is 19.1 Å². The zero-order valence-electron chi connectivity index (χ0n) is 14.2. The summed E-state index contributed by atoms with van der Waals surface area (Å²) < 4.78 is 3.21. The van der Waals surface area contributed by atoms with Crippen LogP contribution in [-0.2, 0) is 11.3 Å². The molecular weight excluding hydrogens is 354 g/mol. The van der Waals surface area contributed by atoms with Crippen LogP contribution in [-0.4, -0.2) is 31.4 Å². The lowest BCUT2D eigenvalue weighted by atomic mass is 10.2. The third-order valence-corrected chi connectivity index (χ3v) is 6.03. The first kappa shape index (κ1) is 16.5. The maximum atomic E-state index is 12.3. The van der Waals surface area contributed by atoms with Gasteiger partial charge in [0.2, 0.25) is 5.91 Å². The summed E-state index contributed by atoms with van der Waals surface area (Å²) >= 11 is 2.93. The molecule has 6 nitrogen and oxygen atoms in total. The van der Waals surface area contributed by atoms with Crippen LogP contribution in [0.25, 0.3) is 10.2 Å². The van der Waals surface area contributed by atoms with Crippen molar-refractivity contribution in [2.45, 2.75) is 44.3 Å². The minimum atomic E-state index is -0.0700. The molecule has 0 bridgehead atoms. The number of nitrogens with zero attached hydrogens (tertiary/aromatic N) is 4. The van der Waals surface area contributed by atoms with Crippen LogP contribution in [0.4, 0.5) is 5.13 Å². The van der Waals surface area contributed by atoms with Gasteiger partial charge in [0.15, 0.2) is 10.3 Å². The molecule has 0 atom stereocenters. The van der Waals surface area contributed by atoms with Gasteiger partial charge < -0.3 is 9.88 Å². The molecule has 1 amide bonds. The number of anilines is 1. The average molecular weight is 374 g/mol. The van der Waals surface area contributed by atoms with Gasteiger partial charge in [0.1, 0.15) is 5.82 Å². The number of thiazole rings is 1. The van der Waals surface area contributed by atoms with E-state index < -0.39 is 0 Å². The Labute approximate surface area is 154 Å². The second-order valence-corrected chi connectivity index (χ2v) is 8.16. The molecule has 1 saturated carbocycles. The molecule has 2 heterocycles. The van der Waals surface area contributed by atoms with E-state index in [-0.39, 0.29) is 5.91 Å². The lowest BCUT2D eigenvalue weighted by molar-refractivity contribution is -0.113. The van der Waals surface area contributed by atoms with Crippen molar-refractivity contribution in [1.29, 1.82) is 0 Å². The predicted molar refractivity (Wildman–Crippen MR) is 101 cm³/mol. The molecule has 130 valence electrons. The molecule has 0 radical (unpaired) electrons. The van der Waals surface area contributed by atoms with Gasteiger partial charge >= 0.3 is 0 Å². The Hall–Kier alpha value is -1.93. The Morgan fingerprint density at radius 1 is 1.40 bits per heavy atom. The summed E-state index contributed by atoms with van der Waals surface area (Å²) in [5.41, 5.74) is 2.10. The van der Waals surface area contributed by atoms with Crippen LogP contribution in [0, 0.1) is 6.92 Å². The number of aromatic nitrogens is 4. The second-order valence-electron chi connectivity index (χ2n) is 6.19. The van der Waals surface area contributed by atoms with Crippen LogP contribution in [0.5, 0.6) is 0 Å². The van der Waals surface area contributed by atoms with Crippen LogP contribution in [0.2, 0.25) is 0 Å². The number of fused-ring (bicyclic) bond motifs is 1. The van der Waals surface area contributed by atoms with Crippen molar-refractivity contribution in [3.8, 4) is 0 Å². The minimum Gasteiger partial charge on any atom is -0.306 e. The van der Waals surface area contributed by atoms with Gasteiger partial charge in [0.05, 0.1) is 16.0 Å². The number of hydrogen-bond donors (Lipinski definition) is 1. The summed E-state index contributed by atoms with van der Waals surface area (Å²) in [7, 11) is 0. The number of carbonyl (C=O) groups is 1. The number of aryl methyl sites for hydroxylation is 1. The Bertz CT molecular complexity index is 928. The van der Waals surface area contributed by atoms with Gasteiger partial charge in [-0.05, 0) is 44.4 Å². The van der Waals surface area contributed by atoms with E-state index in [2.05, 4.69) is 38.1 Å². The molecule has 0 unspecified atom stereocenters. The SMILES string of the molecule is CCn1c(SCC(=O)Nc2nc3ccc(C)cc3s2)nnc1C1CC1. The van der Waals surface area contributed by atoms with Crippen LogP contribution < -0.4 is 5.32 Å². The van der Waals surface area contributed by atoms with Gasteiger partial charge in [0.25, 0.3) is 0 Å². The van der Waals surface area contributed by atoms with E-state index in [9.17, 15) is 4.79 Å². The van der Waals surface area contributed by atoms with Gasteiger partial charge in [-0.2, -0.15) is 0 Å². The first-order valence-corrected chi connectivity index (χ1v) is 10.2. The van der Waals surface area contributed by atoms with Crippen LogP contribution in [0.15, 0.2) is 23.4 Å². The molecule has 4 rings (SSSR count). The Morgan fingerprint density at radius 2 is 2.24 bits per heavy atom. The van der Waals surface area contributed by atoms with Crippen molar-refractivity contribution in [1.82, 2.24) is 19.7 Å². The van der Waals surface area contributed by atoms with E-state index in [4.69, 9.17) is 0 Å². The molecule has 1 aromatic carbocycles. The average Bonchev–Trinajstić information content (AvgIpc) is 3.23. The summed E-state index contributed by atoms with van der Waals surface area (Å²) in [6, 6.07) is 6.09. The number of hydrogen-bond acceptors (Lipinski definition) is 6. The van der Waals surface area contributed by atoms with E-state index in [0.29, 0.717) is 16.8 Å². The predicted octanol–water partition coefficient (Wildman–Crippen LogP) is 3.82. The first-order valence-electron chi connectivity index (χ1n) is 8.37. The highest BCUT2D eigenvalue weighted by Gasteiger charge is 2.30. The monoisotopic (exact) mass is 373 g/mol. The normalized spacial score (nSPS) is 14.2. The van der Waals surface area contributed by atoms with Crippen LogP contribution >= 0.6 is 23.1 Å². The molecule has 1 N–H and O–H groups in total. The van der Waals surface area contributed by atoms with Crippen molar-refractivity contribution in [2.24, 2.45) is 0 Å². The largest absolute Gasteiger partial charge is 0.306 e. The zero-order valence-corrected chi connectivity index (χ0v) is 15.8. The third-order valence-electron chi connectivity index (χ3n) is 4.13. The standard InChI is InChI=1S/C17H19N5OS2/c1-3-22-15(11-5-6-11)20-21-17(22)24-9-14(23)19-16-18-12-7-4-10(2)8-13(12)25-16/h4,7-8,11H,3,5-6,9H2,1-2H3,(H,18,19,23). The molecule has 8 heteroatoms. The molecule has 1 fully saturated rings. The van der Waals surface area contributed by atoms with E-state index in [0.717, 1.165) is 27.7 Å². The Balaban J connectivity index is 1.40. The molecule has 25 heavy (non-hydrogen) atoms. The summed E-state index contributed by atoms with van der Waals surface area (Å²) in [6.07, 6.45) is 2.39. The Morgan fingerprint density at radius 3 is 3.00 bits per heavy atom. The van der Waals surface area contributed by atoms with Crippen molar-refractivity contribution in [3.05, 3.63) is 29.6 Å². The van der Waals surface area contributed by atoms with Crippen molar-refractivity contribution in [3.63, 3.8) is 0 Å². The lowest BCUT2D eigenvalue weighted by Gasteiger charge is -2.06. The van der Waals surface area contributed by atoms with Gasteiger partial charge in [-0.25, -0.2) is 4.98 Å². The minimum absolute atomic E-state index is 0.0700. The fourth-order valence-electron chi connectivity index (χ4n) is 2.72. The number of benzene rings is 1. The number of rotatable bonds is 6. The molecule has 0 aliphatic heterocycles. The number of carbonyl (C=O) groups excluding carboxylic acids is 1. The maximum absolute atomic E-state index is 12.3. The highest BCUT2D eigenvalue weighted by atomic mass is 32.2. The molecular formula is C17H19N5OS2. The highest BCUT2D eigenvalue weighted by Crippen LogP contribution is 2.40. The summed E-state index contributed by atoms with van der Waals surface area (Å²) in [4.78, 5) is 16.7.